The summed E-state index contributed by atoms with van der Waals surface area (Å²) in [6.07, 6.45) is 0. The monoisotopic (exact) mass is 236 g/mol. The molecule has 0 aliphatic carbocycles. The first kappa shape index (κ1) is 14.8. The van der Waals surface area contributed by atoms with Crippen LogP contribution in [0.2, 0.25) is 0 Å². The van der Waals surface area contributed by atoms with Gasteiger partial charge in [0.15, 0.2) is 0 Å². The second kappa shape index (κ2) is 6.40. The Morgan fingerprint density at radius 1 is 1.47 bits per heavy atom. The van der Waals surface area contributed by atoms with Crippen molar-refractivity contribution in [2.45, 2.75) is 11.8 Å². The van der Waals surface area contributed by atoms with E-state index >= 15 is 0 Å². The maximum absolute atomic E-state index is 11.2. The van der Waals surface area contributed by atoms with Crippen molar-refractivity contribution >= 4 is 17.0 Å². The van der Waals surface area contributed by atoms with Gasteiger partial charge in [-0.3, -0.25) is 4.21 Å². The molecule has 15 heavy (non-hydrogen) atoms. The number of benzene rings is 1. The van der Waals surface area contributed by atoms with Gasteiger partial charge in [-0.25, -0.2) is 4.79 Å². The van der Waals surface area contributed by atoms with Gasteiger partial charge in [0.25, 0.3) is 0 Å². The van der Waals surface area contributed by atoms with Gasteiger partial charge in [-0.1, -0.05) is 6.07 Å². The third-order valence-corrected chi connectivity index (χ3v) is 2.67. The first-order chi connectivity index (χ1) is 6.57. The average molecular weight is 236 g/mol. The molecule has 0 amide bonds. The van der Waals surface area contributed by atoms with Gasteiger partial charge in [-0.05, 0) is 35.7 Å². The summed E-state index contributed by atoms with van der Waals surface area (Å²) in [4.78, 5) is 11.3. The Bertz CT molecular complexity index is 392. The van der Waals surface area contributed by atoms with E-state index in [9.17, 15) is 13.6 Å². The summed E-state index contributed by atoms with van der Waals surface area (Å²) in [6, 6.07) is 4.47. The third kappa shape index (κ3) is 3.39. The minimum atomic E-state index is -2.33. The van der Waals surface area contributed by atoms with Crippen LogP contribution in [-0.4, -0.2) is 21.8 Å². The number of carbonyl (C=O) groups excluding carboxylic acids is 1. The molecule has 0 fully saturated rings. The minimum Gasteiger partial charge on any atom is -0.768 e. The molecular formula is C9H9NaO4S. The number of esters is 1. The molecule has 76 valence electrons. The Balaban J connectivity index is 0.00000196. The number of methoxy groups -OCH3 is 1. The molecule has 0 heterocycles. The van der Waals surface area contributed by atoms with Crippen LogP contribution < -0.4 is 29.6 Å². The topological polar surface area (TPSA) is 66.4 Å². The van der Waals surface area contributed by atoms with Gasteiger partial charge in [0, 0.05) is 4.90 Å². The summed E-state index contributed by atoms with van der Waals surface area (Å²) in [5, 5.41) is 0. The van der Waals surface area contributed by atoms with E-state index in [0.29, 0.717) is 5.56 Å². The Morgan fingerprint density at radius 3 is 2.53 bits per heavy atom. The van der Waals surface area contributed by atoms with E-state index in [1.807, 2.05) is 0 Å². The van der Waals surface area contributed by atoms with E-state index in [1.165, 1.54) is 25.3 Å². The molecule has 6 heteroatoms. The van der Waals surface area contributed by atoms with E-state index in [1.54, 1.807) is 6.92 Å². The van der Waals surface area contributed by atoms with Crippen LogP contribution in [0.1, 0.15) is 15.9 Å². The van der Waals surface area contributed by atoms with Crippen molar-refractivity contribution < 1.29 is 47.9 Å². The van der Waals surface area contributed by atoms with Gasteiger partial charge in [0.2, 0.25) is 0 Å². The van der Waals surface area contributed by atoms with Crippen LogP contribution in [0.4, 0.5) is 0 Å². The summed E-state index contributed by atoms with van der Waals surface area (Å²) < 4.78 is 26.0. The van der Waals surface area contributed by atoms with Crippen LogP contribution in [0, 0.1) is 6.92 Å². The largest absolute Gasteiger partial charge is 1.00 e. The van der Waals surface area contributed by atoms with Gasteiger partial charge in [-0.15, -0.1) is 0 Å². The fraction of sp³-hybridized carbons (Fsp3) is 0.222. The van der Waals surface area contributed by atoms with Gasteiger partial charge in [-0.2, -0.15) is 0 Å². The maximum atomic E-state index is 11.2. The van der Waals surface area contributed by atoms with Gasteiger partial charge >= 0.3 is 35.5 Å². The molecule has 0 radical (unpaired) electrons. The number of carbonyl (C=O) groups is 1. The van der Waals surface area contributed by atoms with E-state index in [2.05, 4.69) is 4.74 Å². The van der Waals surface area contributed by atoms with Gasteiger partial charge in [0.1, 0.15) is 0 Å². The molecule has 0 aliphatic rings. The second-order valence-electron chi connectivity index (χ2n) is 2.65. The maximum Gasteiger partial charge on any atom is 1.00 e. The zero-order valence-corrected chi connectivity index (χ0v) is 11.6. The average Bonchev–Trinajstić information content (AvgIpc) is 2.16. The van der Waals surface area contributed by atoms with E-state index in [-0.39, 0.29) is 40.0 Å². The van der Waals surface area contributed by atoms with Crippen molar-refractivity contribution in [1.29, 1.82) is 0 Å². The molecule has 0 saturated carbocycles. The number of rotatable bonds is 2. The molecule has 0 spiro atoms. The predicted octanol–water partition coefficient (Wildman–Crippen LogP) is -1.98. The molecular weight excluding hydrogens is 227 g/mol. The van der Waals surface area contributed by atoms with Crippen LogP contribution >= 0.6 is 0 Å². The first-order valence-corrected chi connectivity index (χ1v) is 4.92. The smallest absolute Gasteiger partial charge is 0.768 e. The molecule has 1 atom stereocenters. The fourth-order valence-corrected chi connectivity index (χ4v) is 1.68. The second-order valence-corrected chi connectivity index (χ2v) is 3.56. The van der Waals surface area contributed by atoms with Crippen LogP contribution in [0.5, 0.6) is 0 Å². The zero-order valence-electron chi connectivity index (χ0n) is 8.77. The molecule has 0 N–H and O–H groups in total. The quantitative estimate of drug-likeness (QED) is 0.339. The van der Waals surface area contributed by atoms with Crippen LogP contribution in [0.15, 0.2) is 23.1 Å². The van der Waals surface area contributed by atoms with Gasteiger partial charge in [0.05, 0.1) is 12.7 Å². The Hall–Kier alpha value is -0.200. The third-order valence-electron chi connectivity index (χ3n) is 1.87. The Kier molecular flexibility index (Phi) is 6.31. The van der Waals surface area contributed by atoms with E-state index in [0.717, 1.165) is 0 Å². The van der Waals surface area contributed by atoms with Crippen LogP contribution in [0.3, 0.4) is 0 Å². The molecule has 1 unspecified atom stereocenters. The molecule has 0 saturated heterocycles. The van der Waals surface area contributed by atoms with Crippen LogP contribution in [0.25, 0.3) is 0 Å². The predicted molar refractivity (Wildman–Crippen MR) is 49.7 cm³/mol. The van der Waals surface area contributed by atoms with Crippen molar-refractivity contribution in [2.24, 2.45) is 0 Å². The van der Waals surface area contributed by atoms with Crippen molar-refractivity contribution in [3.05, 3.63) is 29.3 Å². The Labute approximate surface area is 113 Å². The normalized spacial score (nSPS) is 11.4. The van der Waals surface area contributed by atoms with E-state index in [4.69, 9.17) is 0 Å². The summed E-state index contributed by atoms with van der Waals surface area (Å²) in [5.74, 6) is -0.533. The minimum absolute atomic E-state index is 0. The van der Waals surface area contributed by atoms with Crippen molar-refractivity contribution in [3.63, 3.8) is 0 Å². The summed E-state index contributed by atoms with van der Waals surface area (Å²) in [6.45, 7) is 1.57. The summed E-state index contributed by atoms with van der Waals surface area (Å²) in [5.41, 5.74) is 0.682. The number of hydrogen-bond donors (Lipinski definition) is 0. The number of ether oxygens (including phenoxy) is 1. The van der Waals surface area contributed by atoms with Crippen LogP contribution in [-0.2, 0) is 15.8 Å². The molecule has 0 bridgehead atoms. The van der Waals surface area contributed by atoms with Crippen molar-refractivity contribution in [2.75, 3.05) is 7.11 Å². The first-order valence-electron chi connectivity index (χ1n) is 3.85. The number of hydrogen-bond acceptors (Lipinski definition) is 4. The Morgan fingerprint density at radius 2 is 2.07 bits per heavy atom. The molecule has 1 aromatic carbocycles. The molecule has 1 aromatic rings. The molecule has 1 rings (SSSR count). The summed E-state index contributed by atoms with van der Waals surface area (Å²) >= 11 is -2.33. The molecule has 0 aliphatic heterocycles. The summed E-state index contributed by atoms with van der Waals surface area (Å²) in [7, 11) is 1.25. The van der Waals surface area contributed by atoms with Crippen molar-refractivity contribution in [1.82, 2.24) is 0 Å². The van der Waals surface area contributed by atoms with Crippen molar-refractivity contribution in [3.8, 4) is 0 Å². The molecule has 0 aromatic heterocycles. The fourth-order valence-electron chi connectivity index (χ4n) is 1.13. The zero-order chi connectivity index (χ0) is 10.7. The SMILES string of the molecule is COC(=O)c1cccc(S(=O)[O-])c1C.[Na+]. The molecule has 4 nitrogen and oxygen atoms in total. The standard InChI is InChI=1S/C9H10O4S.Na/c1-6-7(9(10)13-2)4-3-5-8(6)14(11)12;/h3-5H,1-2H3,(H,11,12);/q;+1/p-1. The van der Waals surface area contributed by atoms with E-state index < -0.39 is 17.0 Å². The van der Waals surface area contributed by atoms with Gasteiger partial charge < -0.3 is 9.29 Å².